The molecule has 2 nitrogen and oxygen atoms in total. The number of halogens is 3. The summed E-state index contributed by atoms with van der Waals surface area (Å²) >= 11 is 0. The van der Waals surface area contributed by atoms with Crippen molar-refractivity contribution in [3.05, 3.63) is 0 Å². The van der Waals surface area contributed by atoms with Crippen molar-refractivity contribution in [1.82, 2.24) is 0 Å². The van der Waals surface area contributed by atoms with Crippen LogP contribution >= 0.6 is 0 Å². The largest absolute Gasteiger partial charge is 0.389 e. The van der Waals surface area contributed by atoms with Crippen LogP contribution in [-0.2, 0) is 9.47 Å². The number of alkyl halides is 3. The lowest BCUT2D eigenvalue weighted by molar-refractivity contribution is -0.231. The van der Waals surface area contributed by atoms with E-state index < -0.39 is 12.6 Å². The molecule has 0 unspecified atom stereocenters. The highest BCUT2D eigenvalue weighted by Crippen LogP contribution is 2.43. The molecule has 1 aliphatic heterocycles. The maximum absolute atomic E-state index is 12.3. The molecular formula is C25H43F3O2. The minimum absolute atomic E-state index is 0.118. The van der Waals surface area contributed by atoms with Crippen LogP contribution in [0.1, 0.15) is 103 Å². The van der Waals surface area contributed by atoms with E-state index in [-0.39, 0.29) is 18.6 Å². The van der Waals surface area contributed by atoms with Crippen LogP contribution in [-0.4, -0.2) is 25.7 Å². The molecule has 1 heterocycles. The van der Waals surface area contributed by atoms with Gasteiger partial charge in [-0.05, 0) is 69.1 Å². The summed E-state index contributed by atoms with van der Waals surface area (Å²) in [5, 5.41) is 0. The lowest BCUT2D eigenvalue weighted by Gasteiger charge is -2.41. The Morgan fingerprint density at radius 1 is 0.667 bits per heavy atom. The monoisotopic (exact) mass is 432 g/mol. The van der Waals surface area contributed by atoms with Crippen molar-refractivity contribution in [1.29, 1.82) is 0 Å². The third kappa shape index (κ3) is 8.00. The molecule has 176 valence electrons. The standard InChI is InChI=1S/C25H43F3O2/c1-2-3-4-6-19-8-10-21(11-9-19)22-12-14-23(15-13-22)24-29-17-20(18-30-24)7-5-16-25(26,27)28/h19-24H,2-18H2,1H3/t19-,20-,21-,22-,23-,24-. The summed E-state index contributed by atoms with van der Waals surface area (Å²) < 4.78 is 48.8. The van der Waals surface area contributed by atoms with Gasteiger partial charge >= 0.3 is 6.18 Å². The van der Waals surface area contributed by atoms with Crippen molar-refractivity contribution in [3.63, 3.8) is 0 Å². The molecule has 0 spiro atoms. The van der Waals surface area contributed by atoms with Gasteiger partial charge in [-0.3, -0.25) is 0 Å². The average molecular weight is 433 g/mol. The lowest BCUT2D eigenvalue weighted by atomic mass is 9.68. The minimum atomic E-state index is -4.05. The highest BCUT2D eigenvalue weighted by molar-refractivity contribution is 4.83. The Balaban J connectivity index is 1.28. The average Bonchev–Trinajstić information content (AvgIpc) is 2.74. The van der Waals surface area contributed by atoms with Crippen LogP contribution in [0.5, 0.6) is 0 Å². The molecule has 0 aromatic heterocycles. The van der Waals surface area contributed by atoms with Crippen molar-refractivity contribution >= 4 is 0 Å². The fourth-order valence-electron chi connectivity index (χ4n) is 6.11. The van der Waals surface area contributed by atoms with Gasteiger partial charge in [0.05, 0.1) is 13.2 Å². The van der Waals surface area contributed by atoms with E-state index in [9.17, 15) is 13.2 Å². The molecule has 3 fully saturated rings. The van der Waals surface area contributed by atoms with E-state index in [1.54, 1.807) is 0 Å². The van der Waals surface area contributed by atoms with E-state index in [1.165, 1.54) is 77.0 Å². The lowest BCUT2D eigenvalue weighted by Crippen LogP contribution is -2.39. The molecule has 2 aliphatic carbocycles. The predicted molar refractivity (Wildman–Crippen MR) is 114 cm³/mol. The van der Waals surface area contributed by atoms with Gasteiger partial charge in [0.1, 0.15) is 0 Å². The Kier molecular flexibility index (Phi) is 9.81. The van der Waals surface area contributed by atoms with Gasteiger partial charge in [-0.15, -0.1) is 0 Å². The molecule has 0 amide bonds. The molecule has 0 aromatic rings. The summed E-state index contributed by atoms with van der Waals surface area (Å²) in [4.78, 5) is 0. The second-order valence-electron chi connectivity index (χ2n) is 10.4. The van der Waals surface area contributed by atoms with Crippen LogP contribution in [0.3, 0.4) is 0 Å². The SMILES string of the molecule is CCCCC[C@H]1CC[C@H]([C@H]2CC[C@H]([C@H]3OC[C@H](CCCC(F)(F)F)CO3)CC2)CC1. The first-order chi connectivity index (χ1) is 14.4. The Morgan fingerprint density at radius 3 is 1.77 bits per heavy atom. The number of unbranched alkanes of at least 4 members (excludes halogenated alkanes) is 2. The normalized spacial score (nSPS) is 36.0. The zero-order valence-corrected chi connectivity index (χ0v) is 18.9. The van der Waals surface area contributed by atoms with Crippen molar-refractivity contribution in [2.45, 2.75) is 116 Å². The van der Waals surface area contributed by atoms with E-state index in [0.29, 0.717) is 25.6 Å². The van der Waals surface area contributed by atoms with Gasteiger partial charge in [-0.2, -0.15) is 13.2 Å². The summed E-state index contributed by atoms with van der Waals surface area (Å²) in [6, 6.07) is 0. The molecule has 0 N–H and O–H groups in total. The molecule has 5 heteroatoms. The predicted octanol–water partition coefficient (Wildman–Crippen LogP) is 7.90. The number of rotatable bonds is 9. The van der Waals surface area contributed by atoms with Gasteiger partial charge in [0.2, 0.25) is 0 Å². The molecule has 0 atom stereocenters. The highest BCUT2D eigenvalue weighted by Gasteiger charge is 2.36. The molecule has 0 aromatic carbocycles. The summed E-state index contributed by atoms with van der Waals surface area (Å²) in [5.74, 6) is 3.39. The van der Waals surface area contributed by atoms with Gasteiger partial charge < -0.3 is 9.47 Å². The van der Waals surface area contributed by atoms with Gasteiger partial charge in [0.25, 0.3) is 0 Å². The van der Waals surface area contributed by atoms with Crippen molar-refractivity contribution < 1.29 is 22.6 Å². The van der Waals surface area contributed by atoms with Crippen LogP contribution in [0.25, 0.3) is 0 Å². The summed E-state index contributed by atoms with van der Waals surface area (Å²) in [5.41, 5.74) is 0. The fraction of sp³-hybridized carbons (Fsp3) is 1.00. The first kappa shape index (κ1) is 24.4. The maximum atomic E-state index is 12.3. The number of hydrogen-bond donors (Lipinski definition) is 0. The van der Waals surface area contributed by atoms with Crippen molar-refractivity contribution in [3.8, 4) is 0 Å². The van der Waals surface area contributed by atoms with Gasteiger partial charge in [0, 0.05) is 18.3 Å². The van der Waals surface area contributed by atoms with Crippen LogP contribution in [0.2, 0.25) is 0 Å². The molecule has 0 radical (unpaired) electrons. The van der Waals surface area contributed by atoms with E-state index in [0.717, 1.165) is 17.8 Å². The maximum Gasteiger partial charge on any atom is 0.389 e. The fourth-order valence-corrected chi connectivity index (χ4v) is 6.11. The molecular weight excluding hydrogens is 389 g/mol. The highest BCUT2D eigenvalue weighted by atomic mass is 19.4. The van der Waals surface area contributed by atoms with Crippen LogP contribution in [0, 0.1) is 29.6 Å². The second-order valence-corrected chi connectivity index (χ2v) is 10.4. The Morgan fingerprint density at radius 2 is 1.20 bits per heavy atom. The van der Waals surface area contributed by atoms with Crippen LogP contribution < -0.4 is 0 Å². The van der Waals surface area contributed by atoms with E-state index in [4.69, 9.17) is 9.47 Å². The summed E-state index contributed by atoms with van der Waals surface area (Å²) in [6.45, 7) is 3.41. The molecule has 30 heavy (non-hydrogen) atoms. The third-order valence-corrected chi connectivity index (χ3v) is 8.04. The molecule has 1 saturated heterocycles. The smallest absolute Gasteiger partial charge is 0.352 e. The van der Waals surface area contributed by atoms with E-state index in [2.05, 4.69) is 6.92 Å². The summed E-state index contributed by atoms with van der Waals surface area (Å²) in [6.07, 6.45) is 12.1. The van der Waals surface area contributed by atoms with Gasteiger partial charge in [-0.25, -0.2) is 0 Å². The quantitative estimate of drug-likeness (QED) is 0.345. The van der Waals surface area contributed by atoms with Crippen molar-refractivity contribution in [2.24, 2.45) is 29.6 Å². The Bertz CT molecular complexity index is 458. The number of ether oxygens (including phenoxy) is 2. The Labute approximate surface area is 181 Å². The third-order valence-electron chi connectivity index (χ3n) is 8.04. The molecule has 3 aliphatic rings. The Hall–Kier alpha value is -0.290. The van der Waals surface area contributed by atoms with Crippen LogP contribution in [0.15, 0.2) is 0 Å². The van der Waals surface area contributed by atoms with Gasteiger partial charge in [-0.1, -0.05) is 45.4 Å². The molecule has 0 bridgehead atoms. The minimum Gasteiger partial charge on any atom is -0.352 e. The first-order valence-corrected chi connectivity index (χ1v) is 12.7. The van der Waals surface area contributed by atoms with E-state index in [1.807, 2.05) is 0 Å². The van der Waals surface area contributed by atoms with Crippen LogP contribution in [0.4, 0.5) is 13.2 Å². The van der Waals surface area contributed by atoms with E-state index >= 15 is 0 Å². The summed E-state index contributed by atoms with van der Waals surface area (Å²) in [7, 11) is 0. The zero-order chi connectivity index (χ0) is 21.4. The number of hydrogen-bond acceptors (Lipinski definition) is 2. The topological polar surface area (TPSA) is 18.5 Å². The zero-order valence-electron chi connectivity index (χ0n) is 18.9. The molecule has 2 saturated carbocycles. The second kappa shape index (κ2) is 12.1. The van der Waals surface area contributed by atoms with Crippen molar-refractivity contribution in [2.75, 3.05) is 13.2 Å². The molecule has 3 rings (SSSR count). The van der Waals surface area contributed by atoms with Gasteiger partial charge in [0.15, 0.2) is 6.29 Å². The first-order valence-electron chi connectivity index (χ1n) is 12.7.